The van der Waals surface area contributed by atoms with Gasteiger partial charge in [-0.2, -0.15) is 13.2 Å². The van der Waals surface area contributed by atoms with Gasteiger partial charge in [-0.05, 0) is 36.8 Å². The van der Waals surface area contributed by atoms with Gasteiger partial charge in [0, 0.05) is 37.2 Å². The van der Waals surface area contributed by atoms with Crippen molar-refractivity contribution in [2.45, 2.75) is 12.6 Å². The van der Waals surface area contributed by atoms with Gasteiger partial charge < -0.3 is 10.6 Å². The van der Waals surface area contributed by atoms with E-state index in [4.69, 9.17) is 0 Å². The number of carbonyl (C=O) groups is 1. The van der Waals surface area contributed by atoms with Crippen LogP contribution in [0.1, 0.15) is 12.0 Å². The van der Waals surface area contributed by atoms with E-state index in [0.29, 0.717) is 36.7 Å². The van der Waals surface area contributed by atoms with Gasteiger partial charge in [0.2, 0.25) is 0 Å². The maximum Gasteiger partial charge on any atom is 0.417 e. The predicted molar refractivity (Wildman–Crippen MR) is 106 cm³/mol. The van der Waals surface area contributed by atoms with Crippen molar-refractivity contribution >= 4 is 23.2 Å². The quantitative estimate of drug-likeness (QED) is 0.649. The van der Waals surface area contributed by atoms with E-state index in [0.717, 1.165) is 12.3 Å². The Hall–Kier alpha value is -3.69. The molecular formula is C20H17F3N6O. The number of carbonyl (C=O) groups excluding carboxylic acids is 1. The number of aromatic nitrogens is 3. The molecule has 0 fully saturated rings. The summed E-state index contributed by atoms with van der Waals surface area (Å²) in [4.78, 5) is 26.5. The van der Waals surface area contributed by atoms with Crippen molar-refractivity contribution in [2.75, 3.05) is 28.6 Å². The second-order valence-corrected chi connectivity index (χ2v) is 6.63. The number of amides is 2. The van der Waals surface area contributed by atoms with Crippen LogP contribution < -0.4 is 15.5 Å². The molecule has 4 rings (SSSR count). The molecule has 0 bridgehead atoms. The Morgan fingerprint density at radius 1 is 1.13 bits per heavy atom. The smallest absolute Gasteiger partial charge is 0.382 e. The molecule has 0 radical (unpaired) electrons. The maximum atomic E-state index is 13.0. The first-order valence-corrected chi connectivity index (χ1v) is 9.18. The van der Waals surface area contributed by atoms with Crippen molar-refractivity contribution in [1.82, 2.24) is 15.0 Å². The molecule has 3 aromatic rings. The van der Waals surface area contributed by atoms with E-state index in [2.05, 4.69) is 25.6 Å². The van der Waals surface area contributed by atoms with E-state index >= 15 is 0 Å². The summed E-state index contributed by atoms with van der Waals surface area (Å²) in [6.45, 7) is 1.03. The minimum absolute atomic E-state index is 0.212. The Morgan fingerprint density at radius 2 is 2.00 bits per heavy atom. The fourth-order valence-corrected chi connectivity index (χ4v) is 3.08. The van der Waals surface area contributed by atoms with Gasteiger partial charge in [0.05, 0.1) is 28.8 Å². The number of anilines is 3. The van der Waals surface area contributed by atoms with Crippen molar-refractivity contribution in [3.63, 3.8) is 0 Å². The number of halogens is 3. The summed E-state index contributed by atoms with van der Waals surface area (Å²) in [7, 11) is 0. The number of nitrogens with zero attached hydrogens (tertiary/aromatic N) is 4. The minimum Gasteiger partial charge on any atom is -0.382 e. The number of hydrogen-bond donors (Lipinski definition) is 2. The van der Waals surface area contributed by atoms with Crippen LogP contribution in [0.3, 0.4) is 0 Å². The lowest BCUT2D eigenvalue weighted by molar-refractivity contribution is -0.137. The molecule has 30 heavy (non-hydrogen) atoms. The summed E-state index contributed by atoms with van der Waals surface area (Å²) < 4.78 is 39.1. The van der Waals surface area contributed by atoms with Crippen molar-refractivity contribution in [3.8, 4) is 11.3 Å². The number of rotatable bonds is 2. The van der Waals surface area contributed by atoms with Crippen LogP contribution in [-0.2, 0) is 6.18 Å². The number of hydrogen-bond acceptors (Lipinski definition) is 5. The zero-order chi connectivity index (χ0) is 21.1. The largest absolute Gasteiger partial charge is 0.417 e. The fourth-order valence-electron chi connectivity index (χ4n) is 3.08. The highest BCUT2D eigenvalue weighted by molar-refractivity contribution is 6.03. The Morgan fingerprint density at radius 3 is 2.77 bits per heavy atom. The van der Waals surface area contributed by atoms with Crippen LogP contribution in [0, 0.1) is 0 Å². The summed E-state index contributed by atoms with van der Waals surface area (Å²) >= 11 is 0. The van der Waals surface area contributed by atoms with Crippen molar-refractivity contribution in [3.05, 3.63) is 60.7 Å². The van der Waals surface area contributed by atoms with Gasteiger partial charge >= 0.3 is 12.2 Å². The number of fused-ring (bicyclic) bond motifs is 1. The van der Waals surface area contributed by atoms with Gasteiger partial charge in [0.1, 0.15) is 0 Å². The third-order valence-electron chi connectivity index (χ3n) is 4.52. The summed E-state index contributed by atoms with van der Waals surface area (Å²) in [6, 6.07) is 7.30. The summed E-state index contributed by atoms with van der Waals surface area (Å²) in [5, 5.41) is 5.96. The number of pyridine rings is 3. The second kappa shape index (κ2) is 7.97. The lowest BCUT2D eigenvalue weighted by Gasteiger charge is -2.22. The van der Waals surface area contributed by atoms with E-state index in [1.807, 2.05) is 0 Å². The van der Waals surface area contributed by atoms with Gasteiger partial charge in [-0.15, -0.1) is 0 Å². The highest BCUT2D eigenvalue weighted by Gasteiger charge is 2.31. The zero-order valence-corrected chi connectivity index (χ0v) is 15.6. The van der Waals surface area contributed by atoms with Crippen LogP contribution >= 0.6 is 0 Å². The average molecular weight is 414 g/mol. The van der Waals surface area contributed by atoms with E-state index in [1.54, 1.807) is 30.5 Å². The Kier molecular flexibility index (Phi) is 5.21. The highest BCUT2D eigenvalue weighted by Crippen LogP contribution is 2.33. The second-order valence-electron chi connectivity index (χ2n) is 6.63. The van der Waals surface area contributed by atoms with E-state index in [-0.39, 0.29) is 11.3 Å². The number of alkyl halides is 3. The lowest BCUT2D eigenvalue weighted by Crippen LogP contribution is -2.36. The van der Waals surface area contributed by atoms with Crippen LogP contribution in [0.15, 0.2) is 55.1 Å². The van der Waals surface area contributed by atoms with Crippen molar-refractivity contribution < 1.29 is 18.0 Å². The maximum absolute atomic E-state index is 13.0. The molecule has 2 N–H and O–H groups in total. The summed E-state index contributed by atoms with van der Waals surface area (Å²) in [6.07, 6.45) is 1.37. The minimum atomic E-state index is -4.51. The highest BCUT2D eigenvalue weighted by atomic mass is 19.4. The Balaban J connectivity index is 1.69. The molecule has 0 aliphatic carbocycles. The summed E-state index contributed by atoms with van der Waals surface area (Å²) in [5.74, 6) is 0.337. The number of nitrogens with one attached hydrogen (secondary N) is 2. The lowest BCUT2D eigenvalue weighted by atomic mass is 10.1. The molecule has 0 atom stereocenters. The van der Waals surface area contributed by atoms with Gasteiger partial charge in [0.25, 0.3) is 0 Å². The van der Waals surface area contributed by atoms with Crippen LogP contribution in [0.5, 0.6) is 0 Å². The monoisotopic (exact) mass is 414 g/mol. The molecule has 4 heterocycles. The first-order chi connectivity index (χ1) is 14.4. The van der Waals surface area contributed by atoms with E-state index < -0.39 is 17.8 Å². The van der Waals surface area contributed by atoms with Gasteiger partial charge in [-0.1, -0.05) is 0 Å². The molecule has 1 aliphatic heterocycles. The van der Waals surface area contributed by atoms with Gasteiger partial charge in [-0.25, -0.2) is 9.78 Å². The normalized spacial score (nSPS) is 13.8. The predicted octanol–water partition coefficient (Wildman–Crippen LogP) is 4.41. The molecule has 2 amide bonds. The van der Waals surface area contributed by atoms with E-state index in [9.17, 15) is 18.0 Å². The van der Waals surface area contributed by atoms with Crippen LogP contribution in [0.4, 0.5) is 35.2 Å². The Labute approximate surface area is 170 Å². The first kappa shape index (κ1) is 19.6. The molecule has 7 nitrogen and oxygen atoms in total. The summed E-state index contributed by atoms with van der Waals surface area (Å²) in [5.41, 5.74) is 0.790. The van der Waals surface area contributed by atoms with Crippen molar-refractivity contribution in [1.29, 1.82) is 0 Å². The van der Waals surface area contributed by atoms with Crippen molar-refractivity contribution in [2.24, 2.45) is 0 Å². The standard InChI is InChI=1S/C20H17F3N6O/c21-20(22,23)14-9-13(10-25-11-14)16-4-5-17-18(28-16)29(8-2-7-26-17)19(30)27-15-3-1-6-24-12-15/h1,3-6,9-12,26H,2,7-8H2,(H,27,30). The van der Waals surface area contributed by atoms with Gasteiger partial charge in [0.15, 0.2) is 5.82 Å². The SMILES string of the molecule is O=C(Nc1cccnc1)N1CCCNc2ccc(-c3cncc(C(F)(F)F)c3)nc21. The topological polar surface area (TPSA) is 83.0 Å². The van der Waals surface area contributed by atoms with Crippen LogP contribution in [0.25, 0.3) is 11.3 Å². The third-order valence-corrected chi connectivity index (χ3v) is 4.52. The molecule has 1 aliphatic rings. The molecule has 0 aromatic carbocycles. The third kappa shape index (κ3) is 4.17. The van der Waals surface area contributed by atoms with Crippen LogP contribution in [0.2, 0.25) is 0 Å². The molecule has 10 heteroatoms. The van der Waals surface area contributed by atoms with Gasteiger partial charge in [-0.3, -0.25) is 14.9 Å². The molecular weight excluding hydrogens is 397 g/mol. The average Bonchev–Trinajstić information content (AvgIpc) is 2.96. The molecule has 154 valence electrons. The first-order valence-electron chi connectivity index (χ1n) is 9.18. The molecule has 0 saturated carbocycles. The molecule has 0 saturated heterocycles. The fraction of sp³-hybridized carbons (Fsp3) is 0.200. The molecule has 0 spiro atoms. The van der Waals surface area contributed by atoms with Crippen LogP contribution in [-0.4, -0.2) is 34.1 Å². The molecule has 3 aromatic heterocycles. The number of urea groups is 1. The Bertz CT molecular complexity index is 1060. The molecule has 0 unspecified atom stereocenters. The van der Waals surface area contributed by atoms with E-state index in [1.165, 1.54) is 17.3 Å². The zero-order valence-electron chi connectivity index (χ0n) is 15.6.